The maximum absolute atomic E-state index is 12.5. The van der Waals surface area contributed by atoms with Gasteiger partial charge in [-0.15, -0.1) is 16.2 Å². The van der Waals surface area contributed by atoms with Crippen molar-refractivity contribution in [2.24, 2.45) is 0 Å². The van der Waals surface area contributed by atoms with Crippen LogP contribution in [0.1, 0.15) is 45.8 Å². The average Bonchev–Trinajstić information content (AvgIpc) is 3.35. The fourth-order valence-corrected chi connectivity index (χ4v) is 5.28. The van der Waals surface area contributed by atoms with Crippen LogP contribution in [0.2, 0.25) is 0 Å². The molecule has 0 atom stereocenters. The van der Waals surface area contributed by atoms with Crippen LogP contribution in [0.3, 0.4) is 0 Å². The Kier molecular flexibility index (Phi) is 5.79. The quantitative estimate of drug-likeness (QED) is 0.608. The summed E-state index contributed by atoms with van der Waals surface area (Å²) >= 11 is 1.45. The van der Waals surface area contributed by atoms with Gasteiger partial charge in [0.1, 0.15) is 4.90 Å². The van der Waals surface area contributed by atoms with Crippen LogP contribution in [0, 0.1) is 0 Å². The molecule has 0 bridgehead atoms. The van der Waals surface area contributed by atoms with Gasteiger partial charge in [-0.2, -0.15) is 5.10 Å². The lowest BCUT2D eigenvalue weighted by Crippen LogP contribution is -2.41. The van der Waals surface area contributed by atoms with E-state index in [2.05, 4.69) is 15.4 Å². The molecule has 1 aliphatic rings. The molecule has 9 heteroatoms. The third-order valence-corrected chi connectivity index (χ3v) is 7.35. The third kappa shape index (κ3) is 4.58. The van der Waals surface area contributed by atoms with Crippen LogP contribution in [-0.2, 0) is 22.9 Å². The van der Waals surface area contributed by atoms with Gasteiger partial charge < -0.3 is 0 Å². The van der Waals surface area contributed by atoms with Crippen LogP contribution >= 0.6 is 11.3 Å². The molecule has 2 heterocycles. The number of hydrazine groups is 1. The van der Waals surface area contributed by atoms with Crippen molar-refractivity contribution in [2.75, 3.05) is 0 Å². The van der Waals surface area contributed by atoms with E-state index < -0.39 is 15.9 Å². The first-order chi connectivity index (χ1) is 14.0. The molecule has 0 saturated carbocycles. The standard InChI is InChI=1S/C20H22N4O3S2/c25-20(19-12-15-8-4-1-2-7-11-18(15)28-19)22-23-29(26,27)17-13-21-24(14-17)16-9-5-3-6-10-16/h3,5-6,9-10,12-14,23H,1-2,4,7-8,11H2,(H,22,25). The van der Waals surface area contributed by atoms with E-state index in [1.807, 2.05) is 36.4 Å². The molecule has 0 unspecified atom stereocenters. The van der Waals surface area contributed by atoms with E-state index >= 15 is 0 Å². The second-order valence-corrected chi connectivity index (χ2v) is 9.81. The van der Waals surface area contributed by atoms with Gasteiger partial charge in [0.25, 0.3) is 15.9 Å². The molecule has 1 aromatic carbocycles. The molecule has 0 saturated heterocycles. The molecule has 0 fully saturated rings. The molecule has 2 aromatic heterocycles. The largest absolute Gasteiger partial charge is 0.276 e. The number of aryl methyl sites for hydroxylation is 2. The molecule has 3 aromatic rings. The topological polar surface area (TPSA) is 93.1 Å². The van der Waals surface area contributed by atoms with Crippen molar-refractivity contribution in [3.8, 4) is 5.69 Å². The number of hydrogen-bond donors (Lipinski definition) is 2. The van der Waals surface area contributed by atoms with Crippen LogP contribution in [0.5, 0.6) is 0 Å². The van der Waals surface area contributed by atoms with Gasteiger partial charge in [0, 0.05) is 4.88 Å². The molecule has 29 heavy (non-hydrogen) atoms. The summed E-state index contributed by atoms with van der Waals surface area (Å²) in [7, 11) is -3.92. The molecule has 2 N–H and O–H groups in total. The summed E-state index contributed by atoms with van der Waals surface area (Å²) in [5, 5.41) is 4.09. The maximum atomic E-state index is 12.5. The summed E-state index contributed by atoms with van der Waals surface area (Å²) in [5.41, 5.74) is 4.28. The summed E-state index contributed by atoms with van der Waals surface area (Å²) in [4.78, 5) is 16.4. The number of rotatable bonds is 5. The highest BCUT2D eigenvalue weighted by Crippen LogP contribution is 2.28. The predicted molar refractivity (Wildman–Crippen MR) is 112 cm³/mol. The summed E-state index contributed by atoms with van der Waals surface area (Å²) in [6.45, 7) is 0. The first kappa shape index (κ1) is 19.8. The Labute approximate surface area is 173 Å². The van der Waals surface area contributed by atoms with Crippen molar-refractivity contribution in [1.29, 1.82) is 0 Å². The summed E-state index contributed by atoms with van der Waals surface area (Å²) in [6.07, 6.45) is 9.30. The van der Waals surface area contributed by atoms with Crippen LogP contribution < -0.4 is 10.3 Å². The van der Waals surface area contributed by atoms with Gasteiger partial charge in [-0.25, -0.2) is 13.1 Å². The number of carbonyl (C=O) groups excluding carboxylic acids is 1. The van der Waals surface area contributed by atoms with Crippen LogP contribution in [0.25, 0.3) is 5.69 Å². The minimum absolute atomic E-state index is 0.0277. The second-order valence-electron chi connectivity index (χ2n) is 6.99. The Morgan fingerprint density at radius 2 is 1.83 bits per heavy atom. The molecule has 0 spiro atoms. The summed E-state index contributed by atoms with van der Waals surface area (Å²) in [6, 6.07) is 11.1. The average molecular weight is 431 g/mol. The smallest absolute Gasteiger partial charge is 0.273 e. The number of thiophene rings is 1. The van der Waals surface area contributed by atoms with Gasteiger partial charge in [0.15, 0.2) is 0 Å². The number of nitrogens with one attached hydrogen (secondary N) is 2. The summed E-state index contributed by atoms with van der Waals surface area (Å²) in [5.74, 6) is -0.444. The van der Waals surface area contributed by atoms with E-state index in [4.69, 9.17) is 0 Å². The van der Waals surface area contributed by atoms with Crippen molar-refractivity contribution in [3.63, 3.8) is 0 Å². The number of para-hydroxylation sites is 1. The lowest BCUT2D eigenvalue weighted by molar-refractivity contribution is 0.0949. The Morgan fingerprint density at radius 3 is 2.62 bits per heavy atom. The molecule has 4 rings (SSSR count). The van der Waals surface area contributed by atoms with Crippen LogP contribution in [0.15, 0.2) is 53.7 Å². The maximum Gasteiger partial charge on any atom is 0.276 e. The fourth-order valence-electron chi connectivity index (χ4n) is 3.36. The molecule has 0 radical (unpaired) electrons. The number of amides is 1. The first-order valence-corrected chi connectivity index (χ1v) is 11.9. The van der Waals surface area contributed by atoms with Gasteiger partial charge in [-0.05, 0) is 49.4 Å². The van der Waals surface area contributed by atoms with Crippen molar-refractivity contribution in [2.45, 2.75) is 43.4 Å². The number of aromatic nitrogens is 2. The highest BCUT2D eigenvalue weighted by atomic mass is 32.2. The SMILES string of the molecule is O=C(NNS(=O)(=O)c1cnn(-c2ccccc2)c1)c1cc2c(s1)CCCCCC2. The lowest BCUT2D eigenvalue weighted by atomic mass is 10.00. The minimum Gasteiger partial charge on any atom is -0.273 e. The Hall–Kier alpha value is -2.49. The van der Waals surface area contributed by atoms with E-state index in [9.17, 15) is 13.2 Å². The number of nitrogens with zero attached hydrogens (tertiary/aromatic N) is 2. The van der Waals surface area contributed by atoms with Crippen molar-refractivity contribution < 1.29 is 13.2 Å². The number of sulfonamides is 1. The molecular formula is C20H22N4O3S2. The lowest BCUT2D eigenvalue weighted by Gasteiger charge is -2.07. The van der Waals surface area contributed by atoms with Crippen molar-refractivity contribution >= 4 is 27.3 Å². The summed E-state index contributed by atoms with van der Waals surface area (Å²) < 4.78 is 26.5. The Morgan fingerprint density at radius 1 is 1.07 bits per heavy atom. The zero-order chi connectivity index (χ0) is 20.3. The van der Waals surface area contributed by atoms with Gasteiger partial charge >= 0.3 is 0 Å². The van der Waals surface area contributed by atoms with E-state index in [1.165, 1.54) is 51.7 Å². The minimum atomic E-state index is -3.92. The second kappa shape index (κ2) is 8.48. The van der Waals surface area contributed by atoms with Crippen LogP contribution in [0.4, 0.5) is 0 Å². The molecule has 1 aliphatic carbocycles. The molecular weight excluding hydrogens is 408 g/mol. The van der Waals surface area contributed by atoms with Crippen molar-refractivity contribution in [1.82, 2.24) is 20.0 Å². The highest BCUT2D eigenvalue weighted by molar-refractivity contribution is 7.89. The first-order valence-electron chi connectivity index (χ1n) is 9.57. The zero-order valence-electron chi connectivity index (χ0n) is 15.8. The normalized spacial score (nSPS) is 14.6. The predicted octanol–water partition coefficient (Wildman–Crippen LogP) is 3.22. The van der Waals surface area contributed by atoms with E-state index in [0.29, 0.717) is 4.88 Å². The number of benzene rings is 1. The Balaban J connectivity index is 1.44. The highest BCUT2D eigenvalue weighted by Gasteiger charge is 2.20. The van der Waals surface area contributed by atoms with Gasteiger partial charge in [0.05, 0.1) is 23.0 Å². The van der Waals surface area contributed by atoms with E-state index in [-0.39, 0.29) is 4.90 Å². The number of hydrogen-bond acceptors (Lipinski definition) is 5. The third-order valence-electron chi connectivity index (χ3n) is 4.91. The molecule has 0 aliphatic heterocycles. The van der Waals surface area contributed by atoms with Crippen LogP contribution in [-0.4, -0.2) is 24.1 Å². The Bertz CT molecular complexity index is 1080. The molecule has 7 nitrogen and oxygen atoms in total. The van der Waals surface area contributed by atoms with Crippen molar-refractivity contribution in [3.05, 3.63) is 64.1 Å². The number of fused-ring (bicyclic) bond motifs is 1. The van der Waals surface area contributed by atoms with E-state index in [0.717, 1.165) is 31.4 Å². The zero-order valence-corrected chi connectivity index (χ0v) is 17.4. The van der Waals surface area contributed by atoms with Gasteiger partial charge in [-0.3, -0.25) is 10.2 Å². The van der Waals surface area contributed by atoms with Gasteiger partial charge in [0.2, 0.25) is 0 Å². The molecule has 152 valence electrons. The van der Waals surface area contributed by atoms with E-state index in [1.54, 1.807) is 0 Å². The molecule has 1 amide bonds. The fraction of sp³-hybridized carbons (Fsp3) is 0.300. The monoisotopic (exact) mass is 430 g/mol. The van der Waals surface area contributed by atoms with Gasteiger partial charge in [-0.1, -0.05) is 31.0 Å². The number of carbonyl (C=O) groups is 1.